The number of aromatic nitrogens is 2. The summed E-state index contributed by atoms with van der Waals surface area (Å²) in [5.41, 5.74) is 19.2. The molecule has 1 saturated carbocycles. The summed E-state index contributed by atoms with van der Waals surface area (Å²) in [5.74, 6) is 0. The standard InChI is InChI=1S/C52H38N2/c1-3-18-50-45(15-1)46-16-2-4-19-51(46)54(50)42-24-20-35(21-25-42)39-22-26-43-44-27-23-40(34-48(44)52(47(43)33-39)28-6-7-29-52)37-12-9-11-36(31-37)38-13-10-14-41(32-38)49-17-5-8-30-53-49/h1-5,8-27,30-34H,6-7,28-29H2. The molecule has 7 aromatic carbocycles. The van der Waals surface area contributed by atoms with E-state index < -0.39 is 0 Å². The maximum atomic E-state index is 4.59. The van der Waals surface area contributed by atoms with Crippen molar-refractivity contribution < 1.29 is 0 Å². The van der Waals surface area contributed by atoms with Crippen LogP contribution in [0.1, 0.15) is 36.8 Å². The molecule has 0 aliphatic heterocycles. The Morgan fingerprint density at radius 2 is 0.907 bits per heavy atom. The van der Waals surface area contributed by atoms with Crippen LogP contribution in [-0.4, -0.2) is 9.55 Å². The molecule has 256 valence electrons. The van der Waals surface area contributed by atoms with E-state index in [0.717, 1.165) is 11.3 Å². The average Bonchev–Trinajstić information content (AvgIpc) is 3.95. The van der Waals surface area contributed by atoms with Crippen LogP contribution in [0, 0.1) is 0 Å². The van der Waals surface area contributed by atoms with Gasteiger partial charge in [-0.25, -0.2) is 0 Å². The van der Waals surface area contributed by atoms with Crippen molar-refractivity contribution in [2.45, 2.75) is 31.1 Å². The maximum Gasteiger partial charge on any atom is 0.0702 e. The first-order valence-corrected chi connectivity index (χ1v) is 19.2. The van der Waals surface area contributed by atoms with Crippen LogP contribution in [0.3, 0.4) is 0 Å². The van der Waals surface area contributed by atoms with E-state index in [9.17, 15) is 0 Å². The van der Waals surface area contributed by atoms with Crippen molar-refractivity contribution in [2.75, 3.05) is 0 Å². The van der Waals surface area contributed by atoms with Crippen LogP contribution < -0.4 is 0 Å². The first kappa shape index (κ1) is 31.1. The number of fused-ring (bicyclic) bond motifs is 8. The second-order valence-electron chi connectivity index (χ2n) is 15.1. The molecule has 0 unspecified atom stereocenters. The van der Waals surface area contributed by atoms with Crippen LogP contribution in [0.15, 0.2) is 182 Å². The van der Waals surface area contributed by atoms with Gasteiger partial charge in [-0.15, -0.1) is 0 Å². The fourth-order valence-electron chi connectivity index (χ4n) is 9.65. The van der Waals surface area contributed by atoms with Crippen LogP contribution in [-0.2, 0) is 5.41 Å². The zero-order valence-electron chi connectivity index (χ0n) is 30.0. The smallest absolute Gasteiger partial charge is 0.0702 e. The minimum Gasteiger partial charge on any atom is -0.309 e. The summed E-state index contributed by atoms with van der Waals surface area (Å²) in [7, 11) is 0. The monoisotopic (exact) mass is 690 g/mol. The Morgan fingerprint density at radius 3 is 1.50 bits per heavy atom. The Balaban J connectivity index is 0.943. The summed E-state index contributed by atoms with van der Waals surface area (Å²) in [6, 6.07) is 65.0. The van der Waals surface area contributed by atoms with Crippen molar-refractivity contribution in [1.29, 1.82) is 0 Å². The van der Waals surface area contributed by atoms with Crippen LogP contribution in [0.4, 0.5) is 0 Å². The van der Waals surface area contributed by atoms with Gasteiger partial charge in [0, 0.05) is 33.6 Å². The second kappa shape index (κ2) is 12.3. The first-order valence-electron chi connectivity index (χ1n) is 19.2. The van der Waals surface area contributed by atoms with Gasteiger partial charge >= 0.3 is 0 Å². The predicted molar refractivity (Wildman–Crippen MR) is 225 cm³/mol. The van der Waals surface area contributed by atoms with Gasteiger partial charge in [-0.1, -0.05) is 128 Å². The zero-order chi connectivity index (χ0) is 35.6. The molecule has 11 rings (SSSR count). The normalized spacial score (nSPS) is 14.1. The fraction of sp³-hybridized carbons (Fsp3) is 0.0962. The highest BCUT2D eigenvalue weighted by atomic mass is 15.0. The number of nitrogens with zero attached hydrogens (tertiary/aromatic N) is 2. The SMILES string of the molecule is c1ccc(-c2cccc(-c3cccc(-c4ccc5c(c4)C4(CCCC4)c4cc(-c6ccc(-n7c8ccccc8c8ccccc87)cc6)ccc4-5)c3)c2)nc1. The molecule has 2 aromatic heterocycles. The summed E-state index contributed by atoms with van der Waals surface area (Å²) < 4.78 is 2.40. The van der Waals surface area contributed by atoms with Crippen molar-refractivity contribution in [1.82, 2.24) is 9.55 Å². The van der Waals surface area contributed by atoms with Crippen LogP contribution in [0.2, 0.25) is 0 Å². The third-order valence-corrected chi connectivity index (χ3v) is 12.2. The van der Waals surface area contributed by atoms with Crippen LogP contribution >= 0.6 is 0 Å². The highest BCUT2D eigenvalue weighted by molar-refractivity contribution is 6.09. The van der Waals surface area contributed by atoms with Gasteiger partial charge in [-0.2, -0.15) is 0 Å². The van der Waals surface area contributed by atoms with Crippen LogP contribution in [0.5, 0.6) is 0 Å². The van der Waals surface area contributed by atoms with Crippen molar-refractivity contribution >= 4 is 21.8 Å². The largest absolute Gasteiger partial charge is 0.309 e. The number of para-hydroxylation sites is 2. The minimum atomic E-state index is 0.0637. The Hall–Kier alpha value is -6.51. The van der Waals surface area contributed by atoms with E-state index in [1.165, 1.54) is 109 Å². The number of rotatable bonds is 5. The summed E-state index contributed by atoms with van der Waals surface area (Å²) in [6.07, 6.45) is 6.80. The average molecular weight is 691 g/mol. The molecule has 54 heavy (non-hydrogen) atoms. The van der Waals surface area contributed by atoms with Crippen molar-refractivity contribution in [3.63, 3.8) is 0 Å². The molecule has 2 nitrogen and oxygen atoms in total. The van der Waals surface area contributed by atoms with Gasteiger partial charge in [0.05, 0.1) is 16.7 Å². The number of hydrogen-bond acceptors (Lipinski definition) is 1. The number of pyridine rings is 1. The third-order valence-electron chi connectivity index (χ3n) is 12.2. The van der Waals surface area contributed by atoms with E-state index in [1.54, 1.807) is 0 Å². The third kappa shape index (κ3) is 4.83. The molecule has 2 aliphatic carbocycles. The molecule has 1 spiro atoms. The lowest BCUT2D eigenvalue weighted by Gasteiger charge is -2.27. The lowest BCUT2D eigenvalue weighted by atomic mass is 9.75. The number of benzene rings is 7. The molecule has 0 atom stereocenters. The molecule has 9 aromatic rings. The Kier molecular flexibility index (Phi) is 7.07. The van der Waals surface area contributed by atoms with Gasteiger partial charge in [0.25, 0.3) is 0 Å². The van der Waals surface area contributed by atoms with Gasteiger partial charge in [-0.05, 0) is 129 Å². The topological polar surface area (TPSA) is 17.8 Å². The van der Waals surface area contributed by atoms with E-state index in [0.29, 0.717) is 0 Å². The molecule has 0 radical (unpaired) electrons. The second-order valence-corrected chi connectivity index (χ2v) is 15.1. The molecule has 2 aliphatic rings. The predicted octanol–water partition coefficient (Wildman–Crippen LogP) is 13.7. The highest BCUT2D eigenvalue weighted by Gasteiger charge is 2.45. The van der Waals surface area contributed by atoms with E-state index in [-0.39, 0.29) is 5.41 Å². The van der Waals surface area contributed by atoms with Gasteiger partial charge in [0.2, 0.25) is 0 Å². The first-order chi connectivity index (χ1) is 26.7. The minimum absolute atomic E-state index is 0.0637. The number of hydrogen-bond donors (Lipinski definition) is 0. The van der Waals surface area contributed by atoms with E-state index in [1.807, 2.05) is 18.3 Å². The van der Waals surface area contributed by atoms with Crippen molar-refractivity contribution in [3.05, 3.63) is 193 Å². The molecule has 0 N–H and O–H groups in total. The van der Waals surface area contributed by atoms with Gasteiger partial charge < -0.3 is 4.57 Å². The molecular weight excluding hydrogens is 653 g/mol. The highest BCUT2D eigenvalue weighted by Crippen LogP contribution is 2.58. The fourth-order valence-corrected chi connectivity index (χ4v) is 9.65. The molecule has 0 saturated heterocycles. The van der Waals surface area contributed by atoms with E-state index >= 15 is 0 Å². The van der Waals surface area contributed by atoms with Gasteiger partial charge in [0.1, 0.15) is 0 Å². The van der Waals surface area contributed by atoms with Crippen molar-refractivity contribution in [3.8, 4) is 61.5 Å². The summed E-state index contributed by atoms with van der Waals surface area (Å²) in [6.45, 7) is 0. The Labute approximate surface area is 316 Å². The molecule has 1 fully saturated rings. The molecular formula is C52H38N2. The maximum absolute atomic E-state index is 4.59. The van der Waals surface area contributed by atoms with Gasteiger partial charge in [0.15, 0.2) is 0 Å². The molecule has 2 heteroatoms. The van der Waals surface area contributed by atoms with Crippen molar-refractivity contribution in [2.24, 2.45) is 0 Å². The quantitative estimate of drug-likeness (QED) is 0.176. The Bertz CT molecular complexity index is 2820. The van der Waals surface area contributed by atoms with E-state index in [2.05, 4.69) is 173 Å². The molecule has 0 amide bonds. The lowest BCUT2D eigenvalue weighted by molar-refractivity contribution is 0.550. The van der Waals surface area contributed by atoms with Crippen LogP contribution in [0.25, 0.3) is 83.3 Å². The zero-order valence-corrected chi connectivity index (χ0v) is 30.0. The van der Waals surface area contributed by atoms with Gasteiger partial charge in [-0.3, -0.25) is 4.98 Å². The molecule has 2 heterocycles. The Morgan fingerprint density at radius 1 is 0.407 bits per heavy atom. The summed E-state index contributed by atoms with van der Waals surface area (Å²) in [5, 5.41) is 2.58. The van der Waals surface area contributed by atoms with E-state index in [4.69, 9.17) is 0 Å². The molecule has 0 bridgehead atoms. The summed E-state index contributed by atoms with van der Waals surface area (Å²) in [4.78, 5) is 4.59. The summed E-state index contributed by atoms with van der Waals surface area (Å²) >= 11 is 0. The lowest BCUT2D eigenvalue weighted by Crippen LogP contribution is -2.20.